The first-order valence-electron chi connectivity index (χ1n) is 9.43. The number of piperidine rings is 1. The topological polar surface area (TPSA) is 44.4 Å². The van der Waals surface area contributed by atoms with Crippen LogP contribution in [0.2, 0.25) is 0 Å². The summed E-state index contributed by atoms with van der Waals surface area (Å²) in [6.07, 6.45) is 11.4. The van der Waals surface area contributed by atoms with Crippen molar-refractivity contribution in [3.8, 4) is 0 Å². The van der Waals surface area contributed by atoms with Crippen molar-refractivity contribution < 1.29 is 4.79 Å². The molecule has 128 valence electrons. The molecular weight excluding hydrogens is 274 g/mol. The Hall–Kier alpha value is -0.770. The monoisotopic (exact) mass is 309 g/mol. The summed E-state index contributed by atoms with van der Waals surface area (Å²) in [4.78, 5) is 14.6. The Morgan fingerprint density at radius 2 is 1.64 bits per heavy atom. The van der Waals surface area contributed by atoms with Gasteiger partial charge in [-0.1, -0.05) is 39.0 Å². The molecule has 0 aromatic heterocycles. The van der Waals surface area contributed by atoms with Crippen LogP contribution >= 0.6 is 0 Å². The predicted molar refractivity (Wildman–Crippen MR) is 92.1 cm³/mol. The van der Waals surface area contributed by atoms with E-state index >= 15 is 0 Å². The zero-order valence-electron chi connectivity index (χ0n) is 14.6. The van der Waals surface area contributed by atoms with E-state index in [0.29, 0.717) is 12.1 Å². The first-order chi connectivity index (χ1) is 10.6. The lowest BCUT2D eigenvalue weighted by atomic mass is 9.97. The fraction of sp³-hybridized carbons (Fsp3) is 0.944. The highest BCUT2D eigenvalue weighted by Crippen LogP contribution is 2.18. The number of carbonyl (C=O) groups excluding carboxylic acids is 1. The van der Waals surface area contributed by atoms with Crippen LogP contribution in [0.5, 0.6) is 0 Å². The summed E-state index contributed by atoms with van der Waals surface area (Å²) in [5.74, 6) is 0.860. The molecule has 1 heterocycles. The van der Waals surface area contributed by atoms with Crippen LogP contribution in [0.3, 0.4) is 0 Å². The third kappa shape index (κ3) is 6.15. The first kappa shape index (κ1) is 17.6. The van der Waals surface area contributed by atoms with E-state index in [4.69, 9.17) is 0 Å². The second-order valence-corrected chi connectivity index (χ2v) is 7.46. The van der Waals surface area contributed by atoms with Crippen molar-refractivity contribution in [1.29, 1.82) is 0 Å². The van der Waals surface area contributed by atoms with Gasteiger partial charge >= 0.3 is 6.03 Å². The van der Waals surface area contributed by atoms with Gasteiger partial charge in [0.15, 0.2) is 0 Å². The number of urea groups is 1. The van der Waals surface area contributed by atoms with Crippen LogP contribution in [0, 0.1) is 5.92 Å². The molecule has 2 rings (SSSR count). The third-order valence-electron chi connectivity index (χ3n) is 5.44. The second kappa shape index (κ2) is 9.39. The summed E-state index contributed by atoms with van der Waals surface area (Å²) in [7, 11) is 0. The molecule has 1 aliphatic heterocycles. The van der Waals surface area contributed by atoms with Crippen molar-refractivity contribution in [2.24, 2.45) is 5.92 Å². The van der Waals surface area contributed by atoms with E-state index in [1.54, 1.807) is 0 Å². The van der Waals surface area contributed by atoms with Crippen molar-refractivity contribution in [2.75, 3.05) is 19.6 Å². The molecule has 2 N–H and O–H groups in total. The highest BCUT2D eigenvalue weighted by atomic mass is 16.2. The number of hydrogen-bond donors (Lipinski definition) is 2. The Morgan fingerprint density at radius 3 is 2.27 bits per heavy atom. The summed E-state index contributed by atoms with van der Waals surface area (Å²) in [6.45, 7) is 7.67. The highest BCUT2D eigenvalue weighted by Gasteiger charge is 2.21. The van der Waals surface area contributed by atoms with Crippen LogP contribution in [-0.4, -0.2) is 42.6 Å². The lowest BCUT2D eigenvalue weighted by Gasteiger charge is -2.35. The Morgan fingerprint density at radius 1 is 1.05 bits per heavy atom. The SMILES string of the molecule is CC1CCN([C@@H](C)CNC(=O)NC2CCCCCCC2)CC1. The molecule has 4 heteroatoms. The number of amides is 2. The standard InChI is InChI=1S/C18H35N3O/c1-15-10-12-21(13-11-15)16(2)14-19-18(22)20-17-8-6-4-3-5-7-9-17/h15-17H,3-14H2,1-2H3,(H2,19,20,22)/t16-/m0/s1. The van der Waals surface area contributed by atoms with Gasteiger partial charge in [0.1, 0.15) is 0 Å². The maximum atomic E-state index is 12.1. The van der Waals surface area contributed by atoms with Crippen LogP contribution in [-0.2, 0) is 0 Å². The normalized spacial score (nSPS) is 24.3. The molecule has 2 aliphatic rings. The molecule has 0 radical (unpaired) electrons. The number of nitrogens with zero attached hydrogens (tertiary/aromatic N) is 1. The fourth-order valence-corrected chi connectivity index (χ4v) is 3.68. The minimum atomic E-state index is 0.0304. The van der Waals surface area contributed by atoms with Crippen molar-refractivity contribution in [2.45, 2.75) is 83.7 Å². The van der Waals surface area contributed by atoms with Gasteiger partial charge in [-0.2, -0.15) is 0 Å². The van der Waals surface area contributed by atoms with Gasteiger partial charge in [-0.05, 0) is 51.6 Å². The lowest BCUT2D eigenvalue weighted by molar-refractivity contribution is 0.145. The van der Waals surface area contributed by atoms with Crippen molar-refractivity contribution in [1.82, 2.24) is 15.5 Å². The zero-order valence-corrected chi connectivity index (χ0v) is 14.6. The molecule has 1 aliphatic carbocycles. The molecule has 22 heavy (non-hydrogen) atoms. The lowest BCUT2D eigenvalue weighted by Crippen LogP contribution is -2.49. The summed E-state index contributed by atoms with van der Waals surface area (Å²) in [6, 6.07) is 0.852. The molecule has 4 nitrogen and oxygen atoms in total. The van der Waals surface area contributed by atoms with Gasteiger partial charge in [-0.15, -0.1) is 0 Å². The summed E-state index contributed by atoms with van der Waals surface area (Å²) in [5.41, 5.74) is 0. The molecule has 0 aromatic rings. The average molecular weight is 309 g/mol. The average Bonchev–Trinajstić information content (AvgIpc) is 2.48. The van der Waals surface area contributed by atoms with Crippen LogP contribution < -0.4 is 10.6 Å². The van der Waals surface area contributed by atoms with Crippen LogP contribution in [0.15, 0.2) is 0 Å². The second-order valence-electron chi connectivity index (χ2n) is 7.46. The molecule has 2 amide bonds. The summed E-state index contributed by atoms with van der Waals surface area (Å²) >= 11 is 0. The van der Waals surface area contributed by atoms with Gasteiger partial charge in [-0.3, -0.25) is 4.90 Å². The molecule has 0 aromatic carbocycles. The van der Waals surface area contributed by atoms with E-state index in [-0.39, 0.29) is 6.03 Å². The van der Waals surface area contributed by atoms with Gasteiger partial charge in [0, 0.05) is 18.6 Å². The van der Waals surface area contributed by atoms with Crippen LogP contribution in [0.4, 0.5) is 4.79 Å². The first-order valence-corrected chi connectivity index (χ1v) is 9.43. The molecule has 0 unspecified atom stereocenters. The molecule has 0 bridgehead atoms. The Kier molecular flexibility index (Phi) is 7.50. The molecule has 1 atom stereocenters. The van der Waals surface area contributed by atoms with Gasteiger partial charge < -0.3 is 10.6 Å². The van der Waals surface area contributed by atoms with E-state index in [9.17, 15) is 4.79 Å². The molecule has 1 saturated heterocycles. The molecule has 1 saturated carbocycles. The van der Waals surface area contributed by atoms with E-state index < -0.39 is 0 Å². The third-order valence-corrected chi connectivity index (χ3v) is 5.44. The number of hydrogen-bond acceptors (Lipinski definition) is 2. The van der Waals surface area contributed by atoms with E-state index in [1.165, 1.54) is 58.0 Å². The van der Waals surface area contributed by atoms with Gasteiger partial charge in [0.05, 0.1) is 0 Å². The fourth-order valence-electron chi connectivity index (χ4n) is 3.68. The molecule has 0 spiro atoms. The number of likely N-dealkylation sites (tertiary alicyclic amines) is 1. The number of rotatable bonds is 4. The summed E-state index contributed by atoms with van der Waals surface area (Å²) < 4.78 is 0. The van der Waals surface area contributed by atoms with E-state index in [2.05, 4.69) is 29.4 Å². The summed E-state index contributed by atoms with van der Waals surface area (Å²) in [5, 5.41) is 6.27. The molecular formula is C18H35N3O. The Bertz CT molecular complexity index is 318. The predicted octanol–water partition coefficient (Wildman–Crippen LogP) is 3.52. The Balaban J connectivity index is 1.63. The van der Waals surface area contributed by atoms with E-state index in [0.717, 1.165) is 25.3 Å². The maximum Gasteiger partial charge on any atom is 0.315 e. The van der Waals surface area contributed by atoms with Crippen LogP contribution in [0.25, 0.3) is 0 Å². The quantitative estimate of drug-likeness (QED) is 0.834. The Labute approximate surface area is 136 Å². The maximum absolute atomic E-state index is 12.1. The van der Waals surface area contributed by atoms with Crippen LogP contribution in [0.1, 0.15) is 71.6 Å². The van der Waals surface area contributed by atoms with E-state index in [1.807, 2.05) is 0 Å². The van der Waals surface area contributed by atoms with Gasteiger partial charge in [-0.25, -0.2) is 4.79 Å². The van der Waals surface area contributed by atoms with Gasteiger partial charge in [0.2, 0.25) is 0 Å². The minimum absolute atomic E-state index is 0.0304. The van der Waals surface area contributed by atoms with Gasteiger partial charge in [0.25, 0.3) is 0 Å². The number of carbonyl (C=O) groups is 1. The largest absolute Gasteiger partial charge is 0.337 e. The van der Waals surface area contributed by atoms with Crippen molar-refractivity contribution >= 4 is 6.03 Å². The minimum Gasteiger partial charge on any atom is -0.337 e. The number of nitrogens with one attached hydrogen (secondary N) is 2. The molecule has 2 fully saturated rings. The zero-order chi connectivity index (χ0) is 15.8. The van der Waals surface area contributed by atoms with Crippen molar-refractivity contribution in [3.05, 3.63) is 0 Å². The van der Waals surface area contributed by atoms with Crippen molar-refractivity contribution in [3.63, 3.8) is 0 Å². The highest BCUT2D eigenvalue weighted by molar-refractivity contribution is 5.74. The smallest absolute Gasteiger partial charge is 0.315 e.